The number of halogens is 2. The van der Waals surface area contributed by atoms with E-state index < -0.39 is 0 Å². The van der Waals surface area contributed by atoms with E-state index in [1.807, 2.05) is 0 Å². The predicted molar refractivity (Wildman–Crippen MR) is 126 cm³/mol. The Morgan fingerprint density at radius 2 is 0.625 bits per heavy atom. The summed E-state index contributed by atoms with van der Waals surface area (Å²) in [6.45, 7) is 0. The first-order valence-corrected chi connectivity index (χ1v) is 11.7. The van der Waals surface area contributed by atoms with E-state index in [1.165, 1.54) is 57.2 Å². The molecular weight excluding hydrogens is 578 g/mol. The van der Waals surface area contributed by atoms with Crippen LogP contribution in [-0.4, -0.2) is 65.2 Å². The molecule has 0 aliphatic heterocycles. The lowest BCUT2D eigenvalue weighted by Crippen LogP contribution is -2.26. The average Bonchev–Trinajstić information content (AvgIpc) is 2.53. The molecule has 0 unspecified atom stereocenters. The molecule has 4 aromatic rings. The van der Waals surface area contributed by atoms with Gasteiger partial charge < -0.3 is 0 Å². The van der Waals surface area contributed by atoms with Crippen LogP contribution >= 0.6 is 45.2 Å². The lowest BCUT2D eigenvalue weighted by atomic mass is 9.94. The zero-order valence-electron chi connectivity index (χ0n) is 12.5. The second-order valence-corrected chi connectivity index (χ2v) is 10.7. The highest BCUT2D eigenvalue weighted by Gasteiger charge is 2.12. The summed E-state index contributed by atoms with van der Waals surface area (Å²) in [5.74, 6) is 0. The van der Waals surface area contributed by atoms with E-state index in [0.29, 0.717) is 0 Å². The molecule has 0 bridgehead atoms. The van der Waals surface area contributed by atoms with E-state index in [0.717, 1.165) is 0 Å². The van der Waals surface area contributed by atoms with Crippen LogP contribution in [0, 0.1) is 7.14 Å². The molecule has 0 spiro atoms. The van der Waals surface area contributed by atoms with E-state index >= 15 is 0 Å². The molecule has 0 amide bonds. The molecule has 0 saturated carbocycles. The molecule has 0 aliphatic carbocycles. The van der Waals surface area contributed by atoms with Gasteiger partial charge in [-0.05, 0) is 89.6 Å². The first-order valence-electron chi connectivity index (χ1n) is 7.25. The van der Waals surface area contributed by atoms with Gasteiger partial charge >= 0.3 is 0 Å². The maximum atomic E-state index is 2.85. The minimum absolute atomic E-state index is 1.23. The fourth-order valence-electron chi connectivity index (χ4n) is 3.15. The molecule has 24 heavy (non-hydrogen) atoms. The molecule has 0 atom stereocenters. The third-order valence-electron chi connectivity index (χ3n) is 4.38. The Kier molecular flexibility index (Phi) is 5.43. The Morgan fingerprint density at radius 1 is 0.417 bits per heavy atom. The predicted octanol–water partition coefficient (Wildman–Crippen LogP) is 1.53. The lowest BCUT2D eigenvalue weighted by molar-refractivity contribution is 1.66. The fraction of sp³-hybridized carbons (Fsp3) is 0. The Morgan fingerprint density at radius 3 is 0.875 bits per heavy atom. The summed E-state index contributed by atoms with van der Waals surface area (Å²) in [6, 6.07) is 13.8. The minimum Gasteiger partial charge on any atom is -0.153 e. The van der Waals surface area contributed by atoms with Crippen LogP contribution in [0.4, 0.5) is 0 Å². The molecule has 0 N–H and O–H groups in total. The normalized spacial score (nSPS) is 11.6. The molecule has 104 valence electrons. The first kappa shape index (κ1) is 18.6. The molecule has 0 nitrogen and oxygen atoms in total. The van der Waals surface area contributed by atoms with Crippen LogP contribution in [0.2, 0.25) is 0 Å². The molecule has 4 rings (SSSR count). The van der Waals surface area contributed by atoms with Crippen molar-refractivity contribution in [3.8, 4) is 0 Å². The van der Waals surface area contributed by atoms with Crippen molar-refractivity contribution in [1.29, 1.82) is 0 Å². The van der Waals surface area contributed by atoms with E-state index in [9.17, 15) is 0 Å². The fourth-order valence-corrected chi connectivity index (χ4v) is 5.08. The van der Waals surface area contributed by atoms with Crippen molar-refractivity contribution in [2.24, 2.45) is 0 Å². The van der Waals surface area contributed by atoms with Gasteiger partial charge in [0.15, 0.2) is 65.2 Å². The third-order valence-corrected chi connectivity index (χ3v) is 9.86. The van der Waals surface area contributed by atoms with Gasteiger partial charge in [-0.25, -0.2) is 0 Å². The Bertz CT molecular complexity index is 902. The number of fused-ring (bicyclic) bond motifs is 6. The highest BCUT2D eigenvalue weighted by atomic mass is 127. The third kappa shape index (κ3) is 3.07. The van der Waals surface area contributed by atoms with E-state index in [4.69, 9.17) is 0 Å². The molecule has 0 saturated heterocycles. The van der Waals surface area contributed by atoms with Gasteiger partial charge in [-0.2, -0.15) is 17.7 Å². The molecule has 0 heterocycles. The van der Waals surface area contributed by atoms with E-state index in [2.05, 4.69) is 147 Å². The Balaban J connectivity index is 2.40. The molecular formula is C18H6Al4I2. The summed E-state index contributed by atoms with van der Waals surface area (Å²) in [7, 11) is 0. The monoisotopic (exact) mass is 584 g/mol. The topological polar surface area (TPSA) is 0 Å². The van der Waals surface area contributed by atoms with E-state index in [-0.39, 0.29) is 0 Å². The van der Waals surface area contributed by atoms with Crippen molar-refractivity contribution in [3.63, 3.8) is 0 Å². The van der Waals surface area contributed by atoms with Crippen LogP contribution in [0.3, 0.4) is 0 Å². The summed E-state index contributed by atoms with van der Waals surface area (Å²) < 4.78 is 7.53. The van der Waals surface area contributed by atoms with Crippen LogP contribution < -0.4 is 17.7 Å². The molecule has 8 radical (unpaired) electrons. The molecule has 0 aliphatic rings. The molecule has 4 aromatic carbocycles. The highest BCUT2D eigenvalue weighted by molar-refractivity contribution is 14.1. The minimum atomic E-state index is 1.23. The van der Waals surface area contributed by atoms with Crippen molar-refractivity contribution in [1.82, 2.24) is 0 Å². The van der Waals surface area contributed by atoms with Gasteiger partial charge in [-0.15, -0.1) is 0 Å². The first-order chi connectivity index (χ1) is 11.4. The maximum absolute atomic E-state index is 2.85. The van der Waals surface area contributed by atoms with Gasteiger partial charge in [0.2, 0.25) is 0 Å². The summed E-state index contributed by atoms with van der Waals surface area (Å²) in [6.07, 6.45) is 0. The smallest absolute Gasteiger partial charge is 0.153 e. The van der Waals surface area contributed by atoms with Crippen LogP contribution in [0.5, 0.6) is 0 Å². The number of benzene rings is 4. The summed E-state index contributed by atoms with van der Waals surface area (Å²) >= 11 is 16.3. The average molecular weight is 584 g/mol. The Hall–Kier alpha value is 1.25. The van der Waals surface area contributed by atoms with Gasteiger partial charge in [0.1, 0.15) is 0 Å². The van der Waals surface area contributed by atoms with Crippen LogP contribution in [0.25, 0.3) is 32.3 Å². The largest absolute Gasteiger partial charge is 0.173 e. The summed E-state index contributed by atoms with van der Waals surface area (Å²) in [5, 5.41) is 7.94. The highest BCUT2D eigenvalue weighted by Crippen LogP contribution is 2.35. The number of hydrogen-bond donors (Lipinski definition) is 0. The van der Waals surface area contributed by atoms with Crippen molar-refractivity contribution in [3.05, 3.63) is 43.5 Å². The van der Waals surface area contributed by atoms with Gasteiger partial charge in [-0.3, -0.25) is 0 Å². The lowest BCUT2D eigenvalue weighted by Gasteiger charge is -2.16. The van der Waals surface area contributed by atoms with Crippen LogP contribution in [0.15, 0.2) is 36.4 Å². The quantitative estimate of drug-likeness (QED) is 0.167. The van der Waals surface area contributed by atoms with Crippen molar-refractivity contribution >= 4 is 160 Å². The van der Waals surface area contributed by atoms with Crippen molar-refractivity contribution in [2.75, 3.05) is 0 Å². The second-order valence-electron chi connectivity index (χ2n) is 5.87. The molecule has 0 aromatic heterocycles. The number of rotatable bonds is 0. The van der Waals surface area contributed by atoms with Gasteiger partial charge in [0, 0.05) is 7.14 Å². The number of hydrogen-bond acceptors (Lipinski definition) is 0. The van der Waals surface area contributed by atoms with Crippen LogP contribution in [-0.2, 0) is 0 Å². The van der Waals surface area contributed by atoms with E-state index in [1.54, 1.807) is 0 Å². The SMILES string of the molecule is [Al][c]1cc2c3c[c]([Al])[c]([Al])cc3c3cc(I)c(I)cc3c2c[c]1[Al]. The second kappa shape index (κ2) is 7.01. The molecule has 0 fully saturated rings. The summed E-state index contributed by atoms with van der Waals surface area (Å²) in [4.78, 5) is 0. The van der Waals surface area contributed by atoms with Crippen molar-refractivity contribution in [2.45, 2.75) is 0 Å². The van der Waals surface area contributed by atoms with Gasteiger partial charge in [-0.1, -0.05) is 24.3 Å². The standard InChI is InChI=1S/C18H6I2.4Al/c19-17-9-15-13-7-3-1-5-11(13)12-6-2-4-8-14(12)16(15)10-18(17)20;;;;/h5-10H;;;;. The Labute approximate surface area is 201 Å². The maximum Gasteiger partial charge on any atom is 0.173 e. The molecule has 6 heteroatoms. The van der Waals surface area contributed by atoms with Crippen molar-refractivity contribution < 1.29 is 0 Å². The zero-order chi connectivity index (χ0) is 17.2. The van der Waals surface area contributed by atoms with Gasteiger partial charge in [0.05, 0.1) is 0 Å². The van der Waals surface area contributed by atoms with Crippen LogP contribution in [0.1, 0.15) is 0 Å². The van der Waals surface area contributed by atoms with Gasteiger partial charge in [0.25, 0.3) is 0 Å². The zero-order valence-corrected chi connectivity index (χ0v) is 21.5. The summed E-state index contributed by atoms with van der Waals surface area (Å²) in [5.41, 5.74) is 0.